The highest BCUT2D eigenvalue weighted by Gasteiger charge is 2.27. The fraction of sp³-hybridized carbons (Fsp3) is 0.500. The van der Waals surface area contributed by atoms with Crippen LogP contribution in [0.15, 0.2) is 29.3 Å². The zero-order valence-corrected chi connectivity index (χ0v) is 11.8. The van der Waals surface area contributed by atoms with Gasteiger partial charge >= 0.3 is 0 Å². The molecule has 0 radical (unpaired) electrons. The molecule has 0 unspecified atom stereocenters. The molecule has 0 amide bonds. The number of rotatable bonds is 1. The summed E-state index contributed by atoms with van der Waals surface area (Å²) in [6.45, 7) is 8.75. The summed E-state index contributed by atoms with van der Waals surface area (Å²) in [5, 5.41) is 5.07. The number of amidine groups is 1. The molecule has 0 aliphatic carbocycles. The molecule has 0 fully saturated rings. The highest BCUT2D eigenvalue weighted by atomic mass is 32.2. The first kappa shape index (κ1) is 12.5. The lowest BCUT2D eigenvalue weighted by atomic mass is 10.00. The molecule has 1 heterocycles. The Labute approximate surface area is 108 Å². The van der Waals surface area contributed by atoms with E-state index in [1.807, 2.05) is 11.8 Å². The molecule has 0 bridgehead atoms. The van der Waals surface area contributed by atoms with Gasteiger partial charge in [-0.3, -0.25) is 4.99 Å². The van der Waals surface area contributed by atoms with Crippen molar-refractivity contribution in [2.24, 2.45) is 4.99 Å². The van der Waals surface area contributed by atoms with Gasteiger partial charge in [0.05, 0.1) is 5.54 Å². The molecule has 0 spiro atoms. The fourth-order valence-electron chi connectivity index (χ4n) is 2.10. The lowest BCUT2D eigenvalue weighted by Crippen LogP contribution is -2.31. The van der Waals surface area contributed by atoms with E-state index < -0.39 is 0 Å². The van der Waals surface area contributed by atoms with E-state index >= 15 is 0 Å². The lowest BCUT2D eigenvalue weighted by molar-refractivity contribution is 0.477. The van der Waals surface area contributed by atoms with Crippen molar-refractivity contribution in [3.05, 3.63) is 29.8 Å². The molecule has 1 aliphatic rings. The molecule has 1 aromatic rings. The van der Waals surface area contributed by atoms with E-state index in [0.717, 1.165) is 17.3 Å². The van der Waals surface area contributed by atoms with Crippen LogP contribution in [0.5, 0.6) is 0 Å². The summed E-state index contributed by atoms with van der Waals surface area (Å²) >= 11 is 1.83. The van der Waals surface area contributed by atoms with Gasteiger partial charge in [0.1, 0.15) is 0 Å². The maximum Gasteiger partial charge on any atom is 0.161 e. The maximum atomic E-state index is 4.75. The van der Waals surface area contributed by atoms with Crippen molar-refractivity contribution in [1.82, 2.24) is 0 Å². The van der Waals surface area contributed by atoms with Crippen LogP contribution in [-0.2, 0) is 0 Å². The number of aryl methyl sites for hydroxylation is 1. The minimum atomic E-state index is 0.0533. The van der Waals surface area contributed by atoms with E-state index in [9.17, 15) is 0 Å². The van der Waals surface area contributed by atoms with Crippen LogP contribution >= 0.6 is 11.8 Å². The number of aliphatic imine (C=N–C) groups is 1. The van der Waals surface area contributed by atoms with Crippen molar-refractivity contribution >= 4 is 22.6 Å². The van der Waals surface area contributed by atoms with Crippen LogP contribution in [0.25, 0.3) is 0 Å². The van der Waals surface area contributed by atoms with Crippen molar-refractivity contribution in [2.75, 3.05) is 5.32 Å². The number of nitrogens with one attached hydrogen (secondary N) is 1. The normalized spacial score (nSPS) is 23.1. The van der Waals surface area contributed by atoms with Gasteiger partial charge in [0.2, 0.25) is 0 Å². The highest BCUT2D eigenvalue weighted by Crippen LogP contribution is 2.32. The third kappa shape index (κ3) is 3.50. The van der Waals surface area contributed by atoms with Crippen LogP contribution in [0.3, 0.4) is 0 Å². The average molecular weight is 248 g/mol. The molecule has 0 saturated carbocycles. The molecule has 1 atom stereocenters. The number of hydrogen-bond acceptors (Lipinski definition) is 3. The highest BCUT2D eigenvalue weighted by molar-refractivity contribution is 8.14. The topological polar surface area (TPSA) is 24.4 Å². The third-order valence-electron chi connectivity index (χ3n) is 2.81. The lowest BCUT2D eigenvalue weighted by Gasteiger charge is -2.30. The van der Waals surface area contributed by atoms with Crippen LogP contribution in [0.1, 0.15) is 32.8 Å². The number of anilines is 1. The van der Waals surface area contributed by atoms with Crippen LogP contribution in [0, 0.1) is 6.92 Å². The van der Waals surface area contributed by atoms with Gasteiger partial charge < -0.3 is 5.32 Å². The Morgan fingerprint density at radius 1 is 1.29 bits per heavy atom. The zero-order valence-electron chi connectivity index (χ0n) is 10.9. The van der Waals surface area contributed by atoms with Crippen molar-refractivity contribution in [3.63, 3.8) is 0 Å². The Morgan fingerprint density at radius 3 is 2.53 bits per heavy atom. The SMILES string of the molecule is Cc1ccc(NC2=NC(C)(C)C[C@@H](C)S2)cc1. The first-order valence-electron chi connectivity index (χ1n) is 6.05. The summed E-state index contributed by atoms with van der Waals surface area (Å²) in [4.78, 5) is 4.75. The van der Waals surface area contributed by atoms with Crippen molar-refractivity contribution in [1.29, 1.82) is 0 Å². The van der Waals surface area contributed by atoms with Crippen LogP contribution < -0.4 is 5.32 Å². The summed E-state index contributed by atoms with van der Waals surface area (Å²) < 4.78 is 0. The molecule has 1 N–H and O–H groups in total. The maximum absolute atomic E-state index is 4.75. The number of thioether (sulfide) groups is 1. The predicted molar refractivity (Wildman–Crippen MR) is 78.0 cm³/mol. The quantitative estimate of drug-likeness (QED) is 0.810. The molecule has 0 aromatic heterocycles. The van der Waals surface area contributed by atoms with E-state index in [1.54, 1.807) is 0 Å². The van der Waals surface area contributed by atoms with Crippen molar-refractivity contribution in [2.45, 2.75) is 44.9 Å². The third-order valence-corrected chi connectivity index (χ3v) is 3.79. The summed E-state index contributed by atoms with van der Waals surface area (Å²) in [6.07, 6.45) is 1.14. The zero-order chi connectivity index (χ0) is 12.5. The van der Waals surface area contributed by atoms with E-state index in [4.69, 9.17) is 4.99 Å². The van der Waals surface area contributed by atoms with Crippen LogP contribution in [0.2, 0.25) is 0 Å². The fourth-order valence-corrected chi connectivity index (χ4v) is 3.45. The molecule has 2 nitrogen and oxygen atoms in total. The van der Waals surface area contributed by atoms with Gasteiger partial charge in [-0.25, -0.2) is 0 Å². The van der Waals surface area contributed by atoms with Crippen molar-refractivity contribution < 1.29 is 0 Å². The molecule has 3 heteroatoms. The summed E-state index contributed by atoms with van der Waals surface area (Å²) in [7, 11) is 0. The second-order valence-electron chi connectivity index (χ2n) is 5.35. The smallest absolute Gasteiger partial charge is 0.161 e. The molecular weight excluding hydrogens is 228 g/mol. The summed E-state index contributed by atoms with van der Waals surface area (Å²) in [5.74, 6) is 0. The monoisotopic (exact) mass is 248 g/mol. The first-order chi connectivity index (χ1) is 7.94. The number of benzene rings is 1. The van der Waals surface area contributed by atoms with Gasteiger partial charge in [-0.2, -0.15) is 0 Å². The Kier molecular flexibility index (Phi) is 3.48. The molecule has 1 aliphatic heterocycles. The Balaban J connectivity index is 2.13. The summed E-state index contributed by atoms with van der Waals surface area (Å²) in [6, 6.07) is 8.44. The minimum Gasteiger partial charge on any atom is -0.335 e. The first-order valence-corrected chi connectivity index (χ1v) is 6.93. The largest absolute Gasteiger partial charge is 0.335 e. The van der Waals surface area contributed by atoms with Gasteiger partial charge in [0.15, 0.2) is 5.17 Å². The van der Waals surface area contributed by atoms with E-state index in [1.165, 1.54) is 5.56 Å². The predicted octanol–water partition coefficient (Wildman–Crippen LogP) is 4.07. The van der Waals surface area contributed by atoms with Gasteiger partial charge in [-0.1, -0.05) is 36.4 Å². The van der Waals surface area contributed by atoms with E-state index in [2.05, 4.69) is 57.3 Å². The second kappa shape index (κ2) is 4.73. The van der Waals surface area contributed by atoms with Gasteiger partial charge in [-0.05, 0) is 39.3 Å². The Bertz CT molecular complexity index is 420. The van der Waals surface area contributed by atoms with Crippen LogP contribution in [0.4, 0.5) is 5.69 Å². The molecule has 2 rings (SSSR count). The number of nitrogens with zero attached hydrogens (tertiary/aromatic N) is 1. The van der Waals surface area contributed by atoms with Gasteiger partial charge in [0.25, 0.3) is 0 Å². The molecule has 1 aromatic carbocycles. The van der Waals surface area contributed by atoms with Crippen LogP contribution in [-0.4, -0.2) is 16.0 Å². The summed E-state index contributed by atoms with van der Waals surface area (Å²) in [5.41, 5.74) is 2.45. The standard InChI is InChI=1S/C14H20N2S/c1-10-5-7-12(8-6-10)15-13-16-14(3,4)9-11(2)17-13/h5-8,11H,9H2,1-4H3,(H,15,16)/t11-/m1/s1. The van der Waals surface area contributed by atoms with Crippen molar-refractivity contribution in [3.8, 4) is 0 Å². The second-order valence-corrected chi connectivity index (χ2v) is 6.78. The van der Waals surface area contributed by atoms with Gasteiger partial charge in [-0.15, -0.1) is 0 Å². The van der Waals surface area contributed by atoms with E-state index in [-0.39, 0.29) is 5.54 Å². The van der Waals surface area contributed by atoms with Gasteiger partial charge in [0, 0.05) is 10.9 Å². The molecule has 17 heavy (non-hydrogen) atoms. The van der Waals surface area contributed by atoms with E-state index in [0.29, 0.717) is 5.25 Å². The minimum absolute atomic E-state index is 0.0533. The Hall–Kier alpha value is -0.960. The number of hydrogen-bond donors (Lipinski definition) is 1. The Morgan fingerprint density at radius 2 is 1.94 bits per heavy atom. The average Bonchev–Trinajstić information content (AvgIpc) is 2.18. The molecular formula is C14H20N2S. The molecule has 92 valence electrons. The molecule has 0 saturated heterocycles.